The zero-order valence-corrected chi connectivity index (χ0v) is 15.1. The third-order valence-electron chi connectivity index (χ3n) is 4.30. The monoisotopic (exact) mass is 357 g/mol. The summed E-state index contributed by atoms with van der Waals surface area (Å²) in [4.78, 5) is 16.4. The van der Waals surface area contributed by atoms with Crippen molar-refractivity contribution in [2.75, 3.05) is 12.4 Å². The molecule has 2 aromatic heterocycles. The second-order valence-electron chi connectivity index (χ2n) is 6.30. The van der Waals surface area contributed by atoms with Crippen molar-refractivity contribution >= 4 is 23.1 Å². The van der Waals surface area contributed by atoms with Crippen molar-refractivity contribution in [2.24, 2.45) is 0 Å². The number of aromatic nitrogens is 3. The van der Waals surface area contributed by atoms with Gasteiger partial charge in [-0.05, 0) is 31.2 Å². The molecule has 0 atom stereocenters. The lowest BCUT2D eigenvalue weighted by atomic mass is 10.1. The number of fused-ring (bicyclic) bond motifs is 1. The smallest absolute Gasteiger partial charge is 0.251 e. The molecule has 2 heterocycles. The van der Waals surface area contributed by atoms with Crippen LogP contribution in [-0.2, 0) is 0 Å². The van der Waals surface area contributed by atoms with Gasteiger partial charge in [-0.15, -0.1) is 0 Å². The number of aryl methyl sites for hydroxylation is 1. The van der Waals surface area contributed by atoms with E-state index in [1.54, 1.807) is 23.7 Å². The van der Waals surface area contributed by atoms with Gasteiger partial charge in [0.1, 0.15) is 5.82 Å². The maximum atomic E-state index is 11.8. The summed E-state index contributed by atoms with van der Waals surface area (Å²) in [5, 5.41) is 10.4. The number of hydrogen-bond donors (Lipinski definition) is 2. The van der Waals surface area contributed by atoms with Crippen molar-refractivity contribution in [2.45, 2.75) is 6.92 Å². The lowest BCUT2D eigenvalue weighted by Crippen LogP contribution is -2.17. The molecule has 2 aromatic carbocycles. The summed E-state index contributed by atoms with van der Waals surface area (Å²) in [6.07, 6.45) is 1.87. The van der Waals surface area contributed by atoms with Crippen LogP contribution < -0.4 is 10.6 Å². The summed E-state index contributed by atoms with van der Waals surface area (Å²) in [6.45, 7) is 2.06. The number of carbonyl (C=O) groups is 1. The fraction of sp³-hybridized carbons (Fsp3) is 0.0952. The molecule has 0 aliphatic heterocycles. The van der Waals surface area contributed by atoms with Crippen LogP contribution in [0.4, 0.5) is 11.5 Å². The summed E-state index contributed by atoms with van der Waals surface area (Å²) >= 11 is 0. The van der Waals surface area contributed by atoms with Crippen LogP contribution in [0.5, 0.6) is 0 Å². The van der Waals surface area contributed by atoms with E-state index in [0.717, 1.165) is 22.6 Å². The fourth-order valence-corrected chi connectivity index (χ4v) is 2.85. The molecule has 0 saturated carbocycles. The molecule has 4 aromatic rings. The Morgan fingerprint density at radius 3 is 2.63 bits per heavy atom. The number of anilines is 2. The van der Waals surface area contributed by atoms with E-state index in [9.17, 15) is 4.79 Å². The van der Waals surface area contributed by atoms with Gasteiger partial charge in [0.2, 0.25) is 0 Å². The Labute approximate surface area is 156 Å². The van der Waals surface area contributed by atoms with E-state index >= 15 is 0 Å². The van der Waals surface area contributed by atoms with E-state index in [-0.39, 0.29) is 5.91 Å². The summed E-state index contributed by atoms with van der Waals surface area (Å²) in [6, 6.07) is 19.3. The predicted molar refractivity (Wildman–Crippen MR) is 106 cm³/mol. The zero-order chi connectivity index (χ0) is 18.8. The molecule has 6 nitrogen and oxygen atoms in total. The quantitative estimate of drug-likeness (QED) is 0.583. The van der Waals surface area contributed by atoms with Crippen LogP contribution >= 0.6 is 0 Å². The van der Waals surface area contributed by atoms with Crippen LogP contribution in [-0.4, -0.2) is 27.6 Å². The van der Waals surface area contributed by atoms with Gasteiger partial charge >= 0.3 is 0 Å². The minimum absolute atomic E-state index is 0.124. The molecule has 0 saturated heterocycles. The number of benzene rings is 2. The van der Waals surface area contributed by atoms with Crippen LogP contribution in [0.3, 0.4) is 0 Å². The fourth-order valence-electron chi connectivity index (χ4n) is 2.85. The van der Waals surface area contributed by atoms with Gasteiger partial charge in [-0.1, -0.05) is 35.9 Å². The van der Waals surface area contributed by atoms with E-state index in [1.807, 2.05) is 30.5 Å². The number of rotatable bonds is 4. The minimum atomic E-state index is -0.124. The van der Waals surface area contributed by atoms with Crippen LogP contribution in [0.25, 0.3) is 16.9 Å². The van der Waals surface area contributed by atoms with Crippen LogP contribution in [0.2, 0.25) is 0 Å². The highest BCUT2D eigenvalue weighted by Crippen LogP contribution is 2.21. The molecule has 0 spiro atoms. The van der Waals surface area contributed by atoms with Gasteiger partial charge in [0.05, 0.1) is 5.69 Å². The van der Waals surface area contributed by atoms with Gasteiger partial charge in [-0.2, -0.15) is 5.10 Å². The SMILES string of the molecule is CNC(=O)c1cccc(Nc2ccn3nc(-c4ccc(C)cc4)cc3n2)c1. The predicted octanol–water partition coefficient (Wildman–Crippen LogP) is 3.81. The molecule has 0 radical (unpaired) electrons. The summed E-state index contributed by atoms with van der Waals surface area (Å²) in [5.74, 6) is 0.563. The first kappa shape index (κ1) is 16.8. The third-order valence-corrected chi connectivity index (χ3v) is 4.30. The van der Waals surface area contributed by atoms with E-state index in [1.165, 1.54) is 5.56 Å². The molecule has 134 valence electrons. The van der Waals surface area contributed by atoms with Crippen molar-refractivity contribution in [3.05, 3.63) is 78.0 Å². The van der Waals surface area contributed by atoms with Gasteiger partial charge in [0.25, 0.3) is 5.91 Å². The number of nitrogens with one attached hydrogen (secondary N) is 2. The van der Waals surface area contributed by atoms with Crippen molar-refractivity contribution in [3.8, 4) is 11.3 Å². The van der Waals surface area contributed by atoms with E-state index in [0.29, 0.717) is 11.4 Å². The Kier molecular flexibility index (Phi) is 4.30. The molecule has 0 aliphatic carbocycles. The van der Waals surface area contributed by atoms with Gasteiger partial charge < -0.3 is 10.6 Å². The lowest BCUT2D eigenvalue weighted by Gasteiger charge is -2.07. The minimum Gasteiger partial charge on any atom is -0.355 e. The Balaban J connectivity index is 1.62. The summed E-state index contributed by atoms with van der Waals surface area (Å²) < 4.78 is 1.75. The topological polar surface area (TPSA) is 71.3 Å². The van der Waals surface area contributed by atoms with Crippen LogP contribution in [0.15, 0.2) is 66.9 Å². The van der Waals surface area contributed by atoms with Gasteiger partial charge in [0.15, 0.2) is 5.65 Å². The lowest BCUT2D eigenvalue weighted by molar-refractivity contribution is 0.0963. The Morgan fingerprint density at radius 2 is 1.85 bits per heavy atom. The average Bonchev–Trinajstić information content (AvgIpc) is 3.11. The number of carbonyl (C=O) groups excluding carboxylic acids is 1. The number of amides is 1. The summed E-state index contributed by atoms with van der Waals surface area (Å²) in [7, 11) is 1.61. The van der Waals surface area contributed by atoms with Gasteiger partial charge in [-0.25, -0.2) is 9.50 Å². The average molecular weight is 357 g/mol. The Morgan fingerprint density at radius 1 is 1.04 bits per heavy atom. The molecule has 0 bridgehead atoms. The molecule has 2 N–H and O–H groups in total. The second-order valence-corrected chi connectivity index (χ2v) is 6.30. The van der Waals surface area contributed by atoms with Crippen molar-refractivity contribution in [1.82, 2.24) is 19.9 Å². The van der Waals surface area contributed by atoms with E-state index in [2.05, 4.69) is 51.9 Å². The van der Waals surface area contributed by atoms with Crippen molar-refractivity contribution in [1.29, 1.82) is 0 Å². The van der Waals surface area contributed by atoms with E-state index < -0.39 is 0 Å². The van der Waals surface area contributed by atoms with Crippen molar-refractivity contribution < 1.29 is 4.79 Å². The van der Waals surface area contributed by atoms with Crippen LogP contribution in [0.1, 0.15) is 15.9 Å². The molecule has 1 amide bonds. The highest BCUT2D eigenvalue weighted by Gasteiger charge is 2.08. The Hall–Kier alpha value is -3.67. The maximum Gasteiger partial charge on any atom is 0.251 e. The van der Waals surface area contributed by atoms with Gasteiger partial charge in [-0.3, -0.25) is 4.79 Å². The molecule has 0 fully saturated rings. The molecule has 0 unspecified atom stereocenters. The summed E-state index contributed by atoms with van der Waals surface area (Å²) in [5.41, 5.74) is 5.28. The molecule has 0 aliphatic rings. The molecular formula is C21H19N5O. The number of nitrogens with zero attached hydrogens (tertiary/aromatic N) is 3. The first-order valence-electron chi connectivity index (χ1n) is 8.65. The first-order chi connectivity index (χ1) is 13.1. The second kappa shape index (κ2) is 6.92. The first-order valence-corrected chi connectivity index (χ1v) is 8.65. The highest BCUT2D eigenvalue weighted by atomic mass is 16.1. The maximum absolute atomic E-state index is 11.8. The normalized spacial score (nSPS) is 10.7. The standard InChI is InChI=1S/C21H19N5O/c1-14-6-8-15(9-7-14)18-13-20-24-19(10-11-26(20)25-18)23-17-5-3-4-16(12-17)21(27)22-2/h3-13H,1-2H3,(H,22,27)(H,23,24). The van der Waals surface area contributed by atoms with Gasteiger partial charge in [0, 0.05) is 36.1 Å². The zero-order valence-electron chi connectivity index (χ0n) is 15.1. The largest absolute Gasteiger partial charge is 0.355 e. The molecule has 6 heteroatoms. The molecular weight excluding hydrogens is 338 g/mol. The van der Waals surface area contributed by atoms with Crippen molar-refractivity contribution in [3.63, 3.8) is 0 Å². The third kappa shape index (κ3) is 3.50. The van der Waals surface area contributed by atoms with E-state index in [4.69, 9.17) is 0 Å². The molecule has 27 heavy (non-hydrogen) atoms. The number of hydrogen-bond acceptors (Lipinski definition) is 4. The molecule has 4 rings (SSSR count). The van der Waals surface area contributed by atoms with Crippen LogP contribution in [0, 0.1) is 6.92 Å². The Bertz CT molecular complexity index is 1120. The highest BCUT2D eigenvalue weighted by molar-refractivity contribution is 5.95.